The summed E-state index contributed by atoms with van der Waals surface area (Å²) in [5.74, 6) is 2.94. The van der Waals surface area contributed by atoms with Crippen molar-refractivity contribution in [1.29, 1.82) is 0 Å². The van der Waals surface area contributed by atoms with Crippen molar-refractivity contribution < 1.29 is 4.42 Å². The van der Waals surface area contributed by atoms with E-state index in [9.17, 15) is 0 Å². The van der Waals surface area contributed by atoms with Gasteiger partial charge in [-0.1, -0.05) is 71.6 Å². The molecule has 0 N–H and O–H groups in total. The maximum atomic E-state index is 6.68. The smallest absolute Gasteiger partial charge is 0.138 e. The lowest BCUT2D eigenvalue weighted by Gasteiger charge is -2.21. The minimum absolute atomic E-state index is 0.570. The van der Waals surface area contributed by atoms with E-state index in [1.807, 2.05) is 0 Å². The van der Waals surface area contributed by atoms with Gasteiger partial charge in [0.15, 0.2) is 0 Å². The Morgan fingerprint density at radius 3 is 2.42 bits per heavy atom. The van der Waals surface area contributed by atoms with Crippen molar-refractivity contribution in [2.75, 3.05) is 0 Å². The van der Waals surface area contributed by atoms with Crippen molar-refractivity contribution >= 4 is 15.9 Å². The van der Waals surface area contributed by atoms with Crippen LogP contribution in [-0.2, 0) is 12.8 Å². The quantitative estimate of drug-likeness (QED) is 0.428. The number of hydrogen-bond donors (Lipinski definition) is 0. The Morgan fingerprint density at radius 2 is 1.62 bits per heavy atom. The normalized spacial score (nSPS) is 17.0. The Kier molecular flexibility index (Phi) is 4.24. The molecular formula is C24H23BrO. The second-order valence-electron chi connectivity index (χ2n) is 7.65. The molecule has 1 nitrogen and oxygen atoms in total. The molecule has 1 heterocycles. The van der Waals surface area contributed by atoms with Gasteiger partial charge in [0, 0.05) is 27.1 Å². The molecule has 5 rings (SSSR count). The fraction of sp³-hybridized carbons (Fsp3) is 0.333. The standard InChI is InChI=1S/C24H23BrO/c25-19-13-10-17(11-14-19)22-21-15-12-16-6-4-5-9-20(16)24(21)26-23(22)18-7-2-1-3-8-18/h4-6,9-11,13-14,18H,1-3,7-8,12,15H2. The number of furan rings is 1. The van der Waals surface area contributed by atoms with E-state index in [1.54, 1.807) is 0 Å². The molecule has 3 aromatic rings. The van der Waals surface area contributed by atoms with E-state index in [0.29, 0.717) is 5.92 Å². The molecule has 0 saturated heterocycles. The highest BCUT2D eigenvalue weighted by Gasteiger charge is 2.31. The third-order valence-corrected chi connectivity index (χ3v) is 6.58. The lowest BCUT2D eigenvalue weighted by Crippen LogP contribution is -2.05. The Balaban J connectivity index is 1.71. The van der Waals surface area contributed by atoms with Gasteiger partial charge in [-0.3, -0.25) is 0 Å². The van der Waals surface area contributed by atoms with Crippen LogP contribution in [0.2, 0.25) is 0 Å². The monoisotopic (exact) mass is 406 g/mol. The first kappa shape index (κ1) is 16.4. The number of halogens is 1. The summed E-state index contributed by atoms with van der Waals surface area (Å²) >= 11 is 3.58. The predicted octanol–water partition coefficient (Wildman–Crippen LogP) is 7.52. The van der Waals surface area contributed by atoms with E-state index in [0.717, 1.165) is 23.1 Å². The van der Waals surface area contributed by atoms with Crippen molar-refractivity contribution in [2.24, 2.45) is 0 Å². The van der Waals surface area contributed by atoms with Gasteiger partial charge in [0.2, 0.25) is 0 Å². The van der Waals surface area contributed by atoms with E-state index in [2.05, 4.69) is 64.5 Å². The molecule has 26 heavy (non-hydrogen) atoms. The maximum absolute atomic E-state index is 6.68. The van der Waals surface area contributed by atoms with Crippen LogP contribution >= 0.6 is 15.9 Å². The molecule has 0 atom stereocenters. The van der Waals surface area contributed by atoms with Crippen molar-refractivity contribution in [1.82, 2.24) is 0 Å². The summed E-state index contributed by atoms with van der Waals surface area (Å²) in [7, 11) is 0. The molecule has 0 bridgehead atoms. The van der Waals surface area contributed by atoms with Crippen LogP contribution in [0.3, 0.4) is 0 Å². The third kappa shape index (κ3) is 2.75. The topological polar surface area (TPSA) is 13.1 Å². The molecule has 1 fully saturated rings. The Bertz CT molecular complexity index is 929. The summed E-state index contributed by atoms with van der Waals surface area (Å²) in [6.07, 6.45) is 8.73. The van der Waals surface area contributed by atoms with Crippen molar-refractivity contribution in [3.05, 3.63) is 69.9 Å². The average Bonchev–Trinajstić information content (AvgIpc) is 3.09. The molecule has 132 valence electrons. The SMILES string of the molecule is Brc1ccc(-c2c(C3CCCCC3)oc3c2CCc2ccccc2-3)cc1. The van der Waals surface area contributed by atoms with E-state index in [1.165, 1.54) is 65.7 Å². The molecular weight excluding hydrogens is 384 g/mol. The van der Waals surface area contributed by atoms with Crippen LogP contribution in [-0.4, -0.2) is 0 Å². The summed E-state index contributed by atoms with van der Waals surface area (Å²) in [6, 6.07) is 17.5. The molecule has 1 saturated carbocycles. The minimum atomic E-state index is 0.570. The fourth-order valence-electron chi connectivity index (χ4n) is 4.75. The summed E-state index contributed by atoms with van der Waals surface area (Å²) in [4.78, 5) is 0. The molecule has 0 amide bonds. The molecule has 0 spiro atoms. The molecule has 0 unspecified atom stereocenters. The van der Waals surface area contributed by atoms with Crippen LogP contribution in [0.1, 0.15) is 54.9 Å². The van der Waals surface area contributed by atoms with Gasteiger partial charge >= 0.3 is 0 Å². The molecule has 2 heteroatoms. The Hall–Kier alpha value is -1.80. The summed E-state index contributed by atoms with van der Waals surface area (Å²) < 4.78 is 7.80. The molecule has 1 aromatic heterocycles. The summed E-state index contributed by atoms with van der Waals surface area (Å²) in [5, 5.41) is 0. The molecule has 0 radical (unpaired) electrons. The van der Waals surface area contributed by atoms with Crippen LogP contribution < -0.4 is 0 Å². The summed E-state index contributed by atoms with van der Waals surface area (Å²) in [6.45, 7) is 0. The highest BCUT2D eigenvalue weighted by Crippen LogP contribution is 2.48. The van der Waals surface area contributed by atoms with Gasteiger partial charge < -0.3 is 4.42 Å². The average molecular weight is 407 g/mol. The Labute approximate surface area is 163 Å². The van der Waals surface area contributed by atoms with E-state index >= 15 is 0 Å². The zero-order valence-corrected chi connectivity index (χ0v) is 16.5. The maximum Gasteiger partial charge on any atom is 0.138 e. The highest BCUT2D eigenvalue weighted by atomic mass is 79.9. The summed E-state index contributed by atoms with van der Waals surface area (Å²) in [5.41, 5.74) is 6.83. The largest absolute Gasteiger partial charge is 0.460 e. The molecule has 2 aliphatic carbocycles. The van der Waals surface area contributed by atoms with E-state index < -0.39 is 0 Å². The van der Waals surface area contributed by atoms with Gasteiger partial charge in [-0.05, 0) is 48.9 Å². The first-order valence-electron chi connectivity index (χ1n) is 9.81. The van der Waals surface area contributed by atoms with Crippen LogP contribution in [0.5, 0.6) is 0 Å². The highest BCUT2D eigenvalue weighted by molar-refractivity contribution is 9.10. The van der Waals surface area contributed by atoms with Gasteiger partial charge in [0.05, 0.1) is 0 Å². The van der Waals surface area contributed by atoms with E-state index in [-0.39, 0.29) is 0 Å². The lowest BCUT2D eigenvalue weighted by atomic mass is 9.82. The lowest BCUT2D eigenvalue weighted by molar-refractivity contribution is 0.379. The van der Waals surface area contributed by atoms with Crippen LogP contribution in [0, 0.1) is 0 Å². The first-order valence-corrected chi connectivity index (χ1v) is 10.6. The van der Waals surface area contributed by atoms with E-state index in [4.69, 9.17) is 4.42 Å². The number of fused-ring (bicyclic) bond motifs is 3. The van der Waals surface area contributed by atoms with Crippen molar-refractivity contribution in [3.63, 3.8) is 0 Å². The van der Waals surface area contributed by atoms with Crippen molar-refractivity contribution in [2.45, 2.75) is 50.9 Å². The van der Waals surface area contributed by atoms with Crippen LogP contribution in [0.4, 0.5) is 0 Å². The Morgan fingerprint density at radius 1 is 0.846 bits per heavy atom. The van der Waals surface area contributed by atoms with Crippen LogP contribution in [0.25, 0.3) is 22.5 Å². The van der Waals surface area contributed by atoms with Gasteiger partial charge in [0.25, 0.3) is 0 Å². The zero-order valence-electron chi connectivity index (χ0n) is 14.9. The minimum Gasteiger partial charge on any atom is -0.460 e. The molecule has 0 aliphatic heterocycles. The molecule has 2 aliphatic rings. The molecule has 2 aromatic carbocycles. The van der Waals surface area contributed by atoms with Crippen LogP contribution in [0.15, 0.2) is 57.4 Å². The van der Waals surface area contributed by atoms with Gasteiger partial charge in [-0.2, -0.15) is 0 Å². The second-order valence-corrected chi connectivity index (χ2v) is 8.56. The predicted molar refractivity (Wildman–Crippen MR) is 111 cm³/mol. The fourth-order valence-corrected chi connectivity index (χ4v) is 5.01. The van der Waals surface area contributed by atoms with Gasteiger partial charge in [0.1, 0.15) is 11.5 Å². The van der Waals surface area contributed by atoms with Crippen molar-refractivity contribution in [3.8, 4) is 22.5 Å². The number of rotatable bonds is 2. The number of benzene rings is 2. The zero-order chi connectivity index (χ0) is 17.5. The van der Waals surface area contributed by atoms with Gasteiger partial charge in [-0.25, -0.2) is 0 Å². The first-order chi connectivity index (χ1) is 12.8. The van der Waals surface area contributed by atoms with Gasteiger partial charge in [-0.15, -0.1) is 0 Å². The third-order valence-electron chi connectivity index (χ3n) is 6.05. The second kappa shape index (κ2) is 6.74. The number of hydrogen-bond acceptors (Lipinski definition) is 1. The number of aryl methyl sites for hydroxylation is 1.